The van der Waals surface area contributed by atoms with Gasteiger partial charge in [0, 0.05) is 12.5 Å². The normalized spacial score (nSPS) is 24.9. The van der Waals surface area contributed by atoms with Gasteiger partial charge in [-0.25, -0.2) is 0 Å². The van der Waals surface area contributed by atoms with Gasteiger partial charge in [0.25, 0.3) is 0 Å². The minimum Gasteiger partial charge on any atom is -0.353 e. The number of alkyl halides is 3. The molecule has 106 valence electrons. The first-order valence-electron chi connectivity index (χ1n) is 6.51. The summed E-state index contributed by atoms with van der Waals surface area (Å²) < 4.78 is 38.3. The Balaban J connectivity index is 2.44. The zero-order valence-electron chi connectivity index (χ0n) is 10.4. The highest BCUT2D eigenvalue weighted by molar-refractivity contribution is 5.76. The molecular weight excluding hydrogens is 245 g/mol. The van der Waals surface area contributed by atoms with Crippen LogP contribution in [0.4, 0.5) is 13.2 Å². The Morgan fingerprint density at radius 1 is 1.22 bits per heavy atom. The van der Waals surface area contributed by atoms with E-state index in [0.717, 1.165) is 12.8 Å². The number of hydrogen-bond donors (Lipinski definition) is 2. The summed E-state index contributed by atoms with van der Waals surface area (Å²) in [7, 11) is 0. The van der Waals surface area contributed by atoms with Gasteiger partial charge in [-0.2, -0.15) is 13.2 Å². The molecule has 0 heterocycles. The molecule has 6 heteroatoms. The molecular formula is C12H21F3N2O. The van der Waals surface area contributed by atoms with Crippen molar-refractivity contribution >= 4 is 5.91 Å². The van der Waals surface area contributed by atoms with Crippen LogP contribution in [-0.4, -0.2) is 24.7 Å². The molecule has 0 radical (unpaired) electrons. The van der Waals surface area contributed by atoms with Crippen LogP contribution in [0.3, 0.4) is 0 Å². The van der Waals surface area contributed by atoms with Gasteiger partial charge in [-0.05, 0) is 32.2 Å². The van der Waals surface area contributed by atoms with E-state index in [-0.39, 0.29) is 18.7 Å². The van der Waals surface area contributed by atoms with Crippen molar-refractivity contribution in [2.75, 3.05) is 6.54 Å². The first-order chi connectivity index (χ1) is 8.45. The molecule has 1 saturated carbocycles. The maximum absolute atomic E-state index is 12.8. The van der Waals surface area contributed by atoms with Gasteiger partial charge in [-0.15, -0.1) is 0 Å². The van der Waals surface area contributed by atoms with E-state index in [2.05, 4.69) is 5.32 Å². The topological polar surface area (TPSA) is 55.1 Å². The van der Waals surface area contributed by atoms with E-state index in [0.29, 0.717) is 25.8 Å². The Bertz CT molecular complexity index is 269. The molecule has 18 heavy (non-hydrogen) atoms. The lowest BCUT2D eigenvalue weighted by molar-refractivity contribution is -0.189. The van der Waals surface area contributed by atoms with Crippen LogP contribution in [-0.2, 0) is 4.79 Å². The van der Waals surface area contributed by atoms with Crippen molar-refractivity contribution < 1.29 is 18.0 Å². The zero-order chi connectivity index (χ0) is 13.6. The fourth-order valence-corrected chi connectivity index (χ4v) is 2.40. The van der Waals surface area contributed by atoms with Gasteiger partial charge < -0.3 is 11.1 Å². The Morgan fingerprint density at radius 2 is 1.89 bits per heavy atom. The van der Waals surface area contributed by atoms with Gasteiger partial charge in [-0.1, -0.05) is 12.8 Å². The standard InChI is InChI=1S/C12H21F3N2O/c13-12(14,15)9-5-1-2-6-10(9)17-11(18)7-3-4-8-16/h9-10H,1-8,16H2,(H,17,18). The number of carbonyl (C=O) groups is 1. The molecule has 0 aromatic rings. The van der Waals surface area contributed by atoms with E-state index in [1.807, 2.05) is 0 Å². The van der Waals surface area contributed by atoms with Crippen molar-refractivity contribution in [1.82, 2.24) is 5.32 Å². The van der Waals surface area contributed by atoms with Crippen LogP contribution >= 0.6 is 0 Å². The predicted molar refractivity (Wildman–Crippen MR) is 62.8 cm³/mol. The molecule has 1 aliphatic carbocycles. The van der Waals surface area contributed by atoms with Gasteiger partial charge in [0.2, 0.25) is 5.91 Å². The highest BCUT2D eigenvalue weighted by Crippen LogP contribution is 2.37. The summed E-state index contributed by atoms with van der Waals surface area (Å²) in [5.74, 6) is -1.67. The molecule has 1 aliphatic rings. The molecule has 0 aromatic carbocycles. The van der Waals surface area contributed by atoms with E-state index < -0.39 is 18.1 Å². The molecule has 0 aliphatic heterocycles. The van der Waals surface area contributed by atoms with Crippen molar-refractivity contribution in [2.24, 2.45) is 11.7 Å². The molecule has 3 N–H and O–H groups in total. The fourth-order valence-electron chi connectivity index (χ4n) is 2.40. The van der Waals surface area contributed by atoms with E-state index in [4.69, 9.17) is 5.73 Å². The lowest BCUT2D eigenvalue weighted by Gasteiger charge is -2.33. The predicted octanol–water partition coefficient (Wildman–Crippen LogP) is 2.35. The SMILES string of the molecule is NCCCCC(=O)NC1CCCCC1C(F)(F)F. The quantitative estimate of drug-likeness (QED) is 0.750. The third-order valence-corrected chi connectivity index (χ3v) is 3.39. The molecule has 2 atom stereocenters. The average molecular weight is 266 g/mol. The van der Waals surface area contributed by atoms with Crippen molar-refractivity contribution in [3.63, 3.8) is 0 Å². The molecule has 0 aromatic heterocycles. The number of unbranched alkanes of at least 4 members (excludes halogenated alkanes) is 1. The summed E-state index contributed by atoms with van der Waals surface area (Å²) >= 11 is 0. The molecule has 0 bridgehead atoms. The molecule has 0 saturated heterocycles. The van der Waals surface area contributed by atoms with Crippen molar-refractivity contribution in [3.8, 4) is 0 Å². The Labute approximate surface area is 105 Å². The monoisotopic (exact) mass is 266 g/mol. The van der Waals surface area contributed by atoms with E-state index >= 15 is 0 Å². The minimum absolute atomic E-state index is 0.122. The van der Waals surface area contributed by atoms with Gasteiger partial charge in [-0.3, -0.25) is 4.79 Å². The molecule has 0 spiro atoms. The Kier molecular flexibility index (Phi) is 5.91. The van der Waals surface area contributed by atoms with E-state index in [1.165, 1.54) is 0 Å². The average Bonchev–Trinajstić information content (AvgIpc) is 2.28. The Hall–Kier alpha value is -0.780. The molecule has 2 unspecified atom stereocenters. The lowest BCUT2D eigenvalue weighted by atomic mass is 9.84. The maximum Gasteiger partial charge on any atom is 0.393 e. The minimum atomic E-state index is -4.21. The summed E-state index contributed by atoms with van der Waals surface area (Å²) in [6, 6.07) is -0.746. The van der Waals surface area contributed by atoms with Gasteiger partial charge in [0.15, 0.2) is 0 Å². The molecule has 1 fully saturated rings. The van der Waals surface area contributed by atoms with E-state index in [9.17, 15) is 18.0 Å². The fraction of sp³-hybridized carbons (Fsp3) is 0.917. The summed E-state index contributed by atoms with van der Waals surface area (Å²) in [4.78, 5) is 11.5. The second-order valence-corrected chi connectivity index (χ2v) is 4.85. The van der Waals surface area contributed by atoms with Gasteiger partial charge in [0.05, 0.1) is 5.92 Å². The highest BCUT2D eigenvalue weighted by Gasteiger charge is 2.45. The second-order valence-electron chi connectivity index (χ2n) is 4.85. The number of amides is 1. The third-order valence-electron chi connectivity index (χ3n) is 3.39. The summed E-state index contributed by atoms with van der Waals surface area (Å²) in [6.45, 7) is 0.502. The van der Waals surface area contributed by atoms with Crippen molar-refractivity contribution in [2.45, 2.75) is 57.2 Å². The molecule has 3 nitrogen and oxygen atoms in total. The smallest absolute Gasteiger partial charge is 0.353 e. The van der Waals surface area contributed by atoms with E-state index in [1.54, 1.807) is 0 Å². The number of nitrogens with two attached hydrogens (primary N) is 1. The van der Waals surface area contributed by atoms with Crippen molar-refractivity contribution in [1.29, 1.82) is 0 Å². The lowest BCUT2D eigenvalue weighted by Crippen LogP contribution is -2.47. The van der Waals surface area contributed by atoms with Crippen LogP contribution in [0.25, 0.3) is 0 Å². The summed E-state index contributed by atoms with van der Waals surface area (Å²) in [5.41, 5.74) is 5.30. The van der Waals surface area contributed by atoms with Crippen LogP contribution in [0.1, 0.15) is 44.9 Å². The van der Waals surface area contributed by atoms with Gasteiger partial charge >= 0.3 is 6.18 Å². The summed E-state index contributed by atoms with van der Waals surface area (Å²) in [5, 5.41) is 2.53. The number of hydrogen-bond acceptors (Lipinski definition) is 2. The third kappa shape index (κ3) is 4.84. The van der Waals surface area contributed by atoms with Crippen LogP contribution in [0, 0.1) is 5.92 Å². The second kappa shape index (κ2) is 6.97. The van der Waals surface area contributed by atoms with Crippen LogP contribution in [0.5, 0.6) is 0 Å². The number of halogens is 3. The van der Waals surface area contributed by atoms with Gasteiger partial charge in [0.1, 0.15) is 0 Å². The first kappa shape index (κ1) is 15.3. The Morgan fingerprint density at radius 3 is 2.50 bits per heavy atom. The molecule has 1 amide bonds. The summed E-state index contributed by atoms with van der Waals surface area (Å²) in [6.07, 6.45) is -0.714. The van der Waals surface area contributed by atoms with Crippen LogP contribution in [0.15, 0.2) is 0 Å². The number of rotatable bonds is 5. The number of nitrogens with one attached hydrogen (secondary N) is 1. The van der Waals surface area contributed by atoms with Crippen LogP contribution in [0.2, 0.25) is 0 Å². The maximum atomic E-state index is 12.8. The first-order valence-corrected chi connectivity index (χ1v) is 6.51. The number of carbonyl (C=O) groups excluding carboxylic acids is 1. The molecule has 1 rings (SSSR count). The largest absolute Gasteiger partial charge is 0.393 e. The van der Waals surface area contributed by atoms with Crippen LogP contribution < -0.4 is 11.1 Å². The van der Waals surface area contributed by atoms with Crippen molar-refractivity contribution in [3.05, 3.63) is 0 Å². The highest BCUT2D eigenvalue weighted by atomic mass is 19.4. The zero-order valence-corrected chi connectivity index (χ0v) is 10.4.